The molecule has 3 aromatic rings. The summed E-state index contributed by atoms with van der Waals surface area (Å²) in [6.45, 7) is 2.65. The van der Waals surface area contributed by atoms with E-state index in [0.717, 1.165) is 42.5 Å². The highest BCUT2D eigenvalue weighted by Gasteiger charge is 2.24. The number of rotatable bonds is 6. The third-order valence-corrected chi connectivity index (χ3v) is 5.33. The Kier molecular flexibility index (Phi) is 5.74. The van der Waals surface area contributed by atoms with Gasteiger partial charge in [-0.2, -0.15) is 0 Å². The summed E-state index contributed by atoms with van der Waals surface area (Å²) >= 11 is 0. The fraction of sp³-hybridized carbons (Fsp3) is 0.318. The number of nitrogens with two attached hydrogens (primary N) is 1. The molecule has 1 aliphatic heterocycles. The van der Waals surface area contributed by atoms with Crippen LogP contribution >= 0.6 is 0 Å². The van der Waals surface area contributed by atoms with Crippen LogP contribution in [0.3, 0.4) is 0 Å². The molecule has 0 atom stereocenters. The first-order valence-electron chi connectivity index (χ1n) is 9.90. The van der Waals surface area contributed by atoms with E-state index >= 15 is 0 Å². The van der Waals surface area contributed by atoms with Crippen LogP contribution in [0.1, 0.15) is 12.8 Å². The zero-order valence-corrected chi connectivity index (χ0v) is 16.3. The summed E-state index contributed by atoms with van der Waals surface area (Å²) in [7, 11) is 0. The summed E-state index contributed by atoms with van der Waals surface area (Å²) in [5.74, 6) is 1.37. The molecule has 2 aromatic heterocycles. The molecule has 7 nitrogen and oxygen atoms in total. The van der Waals surface area contributed by atoms with Crippen LogP contribution in [0.25, 0.3) is 10.8 Å². The molecule has 1 aliphatic rings. The monoisotopic (exact) mass is 391 g/mol. The lowest BCUT2D eigenvalue weighted by atomic mass is 9.95. The summed E-state index contributed by atoms with van der Waals surface area (Å²) in [6, 6.07) is 11.7. The molecular formula is C22H25N5O2. The van der Waals surface area contributed by atoms with Gasteiger partial charge in [-0.3, -0.25) is 9.78 Å². The van der Waals surface area contributed by atoms with Crippen LogP contribution in [-0.4, -0.2) is 42.1 Å². The van der Waals surface area contributed by atoms with E-state index in [2.05, 4.69) is 20.2 Å². The van der Waals surface area contributed by atoms with Crippen molar-refractivity contribution in [3.63, 3.8) is 0 Å². The SMILES string of the molecule is Nc1nccc2ccc(OCCNC(=O)C3CCN(c4ccncc4)CC3)cc12. The molecule has 7 heteroatoms. The number of pyridine rings is 2. The smallest absolute Gasteiger partial charge is 0.223 e. The van der Waals surface area contributed by atoms with Gasteiger partial charge in [0, 0.05) is 48.7 Å². The first-order valence-corrected chi connectivity index (χ1v) is 9.90. The average molecular weight is 391 g/mol. The maximum atomic E-state index is 12.5. The minimum absolute atomic E-state index is 0.0552. The fourth-order valence-corrected chi connectivity index (χ4v) is 3.70. The number of carbonyl (C=O) groups excluding carboxylic acids is 1. The lowest BCUT2D eigenvalue weighted by Crippen LogP contribution is -2.41. The lowest BCUT2D eigenvalue weighted by Gasteiger charge is -2.32. The van der Waals surface area contributed by atoms with E-state index in [1.807, 2.05) is 36.4 Å². The van der Waals surface area contributed by atoms with Crippen molar-refractivity contribution in [2.24, 2.45) is 5.92 Å². The lowest BCUT2D eigenvalue weighted by molar-refractivity contribution is -0.125. The van der Waals surface area contributed by atoms with Crippen molar-refractivity contribution in [1.29, 1.82) is 0 Å². The van der Waals surface area contributed by atoms with E-state index in [9.17, 15) is 4.79 Å². The largest absolute Gasteiger partial charge is 0.492 e. The van der Waals surface area contributed by atoms with Gasteiger partial charge in [0.15, 0.2) is 0 Å². The second-order valence-corrected chi connectivity index (χ2v) is 7.19. The molecule has 1 fully saturated rings. The Balaban J connectivity index is 1.21. The Hall–Kier alpha value is -3.35. The Morgan fingerprint density at radius 2 is 1.93 bits per heavy atom. The highest BCUT2D eigenvalue weighted by Crippen LogP contribution is 2.24. The number of fused-ring (bicyclic) bond motifs is 1. The molecule has 1 saturated heterocycles. The van der Waals surface area contributed by atoms with E-state index < -0.39 is 0 Å². The topological polar surface area (TPSA) is 93.4 Å². The summed E-state index contributed by atoms with van der Waals surface area (Å²) in [6.07, 6.45) is 7.00. The van der Waals surface area contributed by atoms with Gasteiger partial charge in [0.05, 0.1) is 6.54 Å². The molecule has 4 rings (SSSR count). The Morgan fingerprint density at radius 1 is 1.14 bits per heavy atom. The van der Waals surface area contributed by atoms with Crippen LogP contribution in [0, 0.1) is 5.92 Å². The number of nitrogens with zero attached hydrogens (tertiary/aromatic N) is 3. The summed E-state index contributed by atoms with van der Waals surface area (Å²) in [5.41, 5.74) is 7.08. The molecule has 29 heavy (non-hydrogen) atoms. The van der Waals surface area contributed by atoms with Crippen LogP contribution in [0.4, 0.5) is 11.5 Å². The number of nitrogens with one attached hydrogen (secondary N) is 1. The van der Waals surface area contributed by atoms with Gasteiger partial charge in [-0.05, 0) is 48.6 Å². The number of piperidine rings is 1. The predicted octanol–water partition coefficient (Wildman–Crippen LogP) is 2.62. The Labute approximate surface area is 169 Å². The molecule has 150 valence electrons. The van der Waals surface area contributed by atoms with Crippen LogP contribution in [0.15, 0.2) is 55.0 Å². The average Bonchev–Trinajstić information content (AvgIpc) is 2.78. The molecule has 0 radical (unpaired) electrons. The van der Waals surface area contributed by atoms with Gasteiger partial charge >= 0.3 is 0 Å². The number of ether oxygens (including phenoxy) is 1. The number of anilines is 2. The van der Waals surface area contributed by atoms with Crippen LogP contribution in [-0.2, 0) is 4.79 Å². The summed E-state index contributed by atoms with van der Waals surface area (Å²) in [5, 5.41) is 4.89. The van der Waals surface area contributed by atoms with E-state index in [0.29, 0.717) is 19.0 Å². The number of hydrogen-bond donors (Lipinski definition) is 2. The van der Waals surface area contributed by atoms with E-state index in [1.165, 1.54) is 5.69 Å². The van der Waals surface area contributed by atoms with Gasteiger partial charge in [-0.25, -0.2) is 4.98 Å². The van der Waals surface area contributed by atoms with Gasteiger partial charge in [-0.1, -0.05) is 6.07 Å². The number of aromatic nitrogens is 2. The molecule has 0 aliphatic carbocycles. The third-order valence-electron chi connectivity index (χ3n) is 5.33. The molecule has 1 amide bonds. The zero-order chi connectivity index (χ0) is 20.1. The molecule has 0 bridgehead atoms. The van der Waals surface area contributed by atoms with Gasteiger partial charge in [-0.15, -0.1) is 0 Å². The second-order valence-electron chi connectivity index (χ2n) is 7.19. The van der Waals surface area contributed by atoms with E-state index in [4.69, 9.17) is 10.5 Å². The van der Waals surface area contributed by atoms with Gasteiger partial charge in [0.25, 0.3) is 0 Å². The molecule has 1 aromatic carbocycles. The first kappa shape index (κ1) is 19.0. The van der Waals surface area contributed by atoms with Crippen molar-refractivity contribution < 1.29 is 9.53 Å². The third kappa shape index (κ3) is 4.56. The number of amides is 1. The number of benzene rings is 1. The van der Waals surface area contributed by atoms with Gasteiger partial charge in [0.1, 0.15) is 18.2 Å². The molecule has 3 heterocycles. The van der Waals surface area contributed by atoms with Crippen LogP contribution in [0.2, 0.25) is 0 Å². The number of hydrogen-bond acceptors (Lipinski definition) is 6. The van der Waals surface area contributed by atoms with Crippen molar-refractivity contribution in [3.05, 3.63) is 55.0 Å². The van der Waals surface area contributed by atoms with Crippen molar-refractivity contribution in [2.45, 2.75) is 12.8 Å². The van der Waals surface area contributed by atoms with Gasteiger partial charge < -0.3 is 20.7 Å². The molecule has 0 spiro atoms. The molecular weight excluding hydrogens is 366 g/mol. The Morgan fingerprint density at radius 3 is 2.72 bits per heavy atom. The first-order chi connectivity index (χ1) is 14.2. The summed E-state index contributed by atoms with van der Waals surface area (Å²) < 4.78 is 5.77. The zero-order valence-electron chi connectivity index (χ0n) is 16.3. The quantitative estimate of drug-likeness (QED) is 0.628. The molecule has 0 saturated carbocycles. The second kappa shape index (κ2) is 8.77. The van der Waals surface area contributed by atoms with Gasteiger partial charge in [0.2, 0.25) is 5.91 Å². The predicted molar refractivity (Wildman–Crippen MR) is 114 cm³/mol. The van der Waals surface area contributed by atoms with Crippen molar-refractivity contribution in [1.82, 2.24) is 15.3 Å². The fourth-order valence-electron chi connectivity index (χ4n) is 3.70. The molecule has 0 unspecified atom stereocenters. The molecule has 3 N–H and O–H groups in total. The van der Waals surface area contributed by atoms with Crippen LogP contribution < -0.4 is 20.7 Å². The minimum Gasteiger partial charge on any atom is -0.492 e. The minimum atomic E-state index is 0.0552. The van der Waals surface area contributed by atoms with Crippen LogP contribution in [0.5, 0.6) is 5.75 Å². The van der Waals surface area contributed by atoms with E-state index in [1.54, 1.807) is 18.6 Å². The van der Waals surface area contributed by atoms with Crippen molar-refractivity contribution in [3.8, 4) is 5.75 Å². The maximum Gasteiger partial charge on any atom is 0.223 e. The number of nitrogen functional groups attached to an aromatic ring is 1. The standard InChI is InChI=1S/C22H25N5O2/c23-21-20-15-19(2-1-16(20)3-10-25-21)29-14-11-26-22(28)17-6-12-27(13-7-17)18-4-8-24-9-5-18/h1-5,8-10,15,17H,6-7,11-14H2,(H2,23,25)(H,26,28). The van der Waals surface area contributed by atoms with E-state index in [-0.39, 0.29) is 11.8 Å². The normalized spacial score (nSPS) is 14.7. The van der Waals surface area contributed by atoms with Crippen molar-refractivity contribution in [2.75, 3.05) is 36.9 Å². The Bertz CT molecular complexity index is 971. The summed E-state index contributed by atoms with van der Waals surface area (Å²) in [4.78, 5) is 22.9. The van der Waals surface area contributed by atoms with Crippen molar-refractivity contribution >= 4 is 28.2 Å². The maximum absolute atomic E-state index is 12.5. The highest BCUT2D eigenvalue weighted by molar-refractivity contribution is 5.91. The highest BCUT2D eigenvalue weighted by atomic mass is 16.5. The number of carbonyl (C=O) groups is 1.